The van der Waals surface area contributed by atoms with Crippen molar-refractivity contribution in [2.45, 2.75) is 18.7 Å². The fraction of sp³-hybridized carbons (Fsp3) is 0.538. The molecule has 0 unspecified atom stereocenters. The van der Waals surface area contributed by atoms with Crippen LogP contribution in [0.4, 0.5) is 0 Å². The number of ether oxygens (including phenoxy) is 1. The molecular weight excluding hydrogens is 300 g/mol. The molecule has 0 aliphatic carbocycles. The standard InChI is InChI=1S/C13H17ClN2O3S/c14-20(17,18)16-9-12-13(10-16)19-7-6-15(12)8-11-4-2-1-3-5-11/h1-5,12-13H,6-10H2/t12-,13+/m0/s1. The van der Waals surface area contributed by atoms with Crippen molar-refractivity contribution in [2.24, 2.45) is 0 Å². The van der Waals surface area contributed by atoms with E-state index in [1.807, 2.05) is 18.2 Å². The first-order valence-corrected chi connectivity index (χ1v) is 8.90. The van der Waals surface area contributed by atoms with E-state index in [1.54, 1.807) is 0 Å². The number of rotatable bonds is 3. The molecule has 7 heteroatoms. The lowest BCUT2D eigenvalue weighted by molar-refractivity contribution is -0.0502. The summed E-state index contributed by atoms with van der Waals surface area (Å²) in [5.74, 6) is 0. The molecule has 20 heavy (non-hydrogen) atoms. The average Bonchev–Trinajstić information content (AvgIpc) is 2.85. The Morgan fingerprint density at radius 3 is 2.70 bits per heavy atom. The van der Waals surface area contributed by atoms with Crippen LogP contribution >= 0.6 is 10.7 Å². The molecule has 1 aromatic carbocycles. The van der Waals surface area contributed by atoms with Crippen molar-refractivity contribution in [3.05, 3.63) is 35.9 Å². The minimum atomic E-state index is -3.66. The van der Waals surface area contributed by atoms with Crippen molar-refractivity contribution in [1.29, 1.82) is 0 Å². The van der Waals surface area contributed by atoms with E-state index in [0.717, 1.165) is 13.1 Å². The Morgan fingerprint density at radius 2 is 2.00 bits per heavy atom. The van der Waals surface area contributed by atoms with Crippen LogP contribution in [-0.2, 0) is 20.5 Å². The summed E-state index contributed by atoms with van der Waals surface area (Å²) in [5, 5.41) is 0. The third kappa shape index (κ3) is 2.99. The maximum Gasteiger partial charge on any atom is 0.299 e. The first kappa shape index (κ1) is 14.3. The second kappa shape index (κ2) is 5.61. The van der Waals surface area contributed by atoms with Gasteiger partial charge in [-0.05, 0) is 5.56 Å². The molecule has 5 nitrogen and oxygen atoms in total. The molecule has 1 aromatic rings. The van der Waals surface area contributed by atoms with E-state index in [2.05, 4.69) is 17.0 Å². The molecular formula is C13H17ClN2O3S. The van der Waals surface area contributed by atoms with E-state index < -0.39 is 9.24 Å². The number of fused-ring (bicyclic) bond motifs is 1. The zero-order valence-corrected chi connectivity index (χ0v) is 12.6. The minimum absolute atomic E-state index is 0.0810. The van der Waals surface area contributed by atoms with Gasteiger partial charge < -0.3 is 4.74 Å². The number of morpholine rings is 1. The zero-order chi connectivity index (χ0) is 14.2. The molecule has 0 aromatic heterocycles. The number of hydrogen-bond donors (Lipinski definition) is 0. The molecule has 2 atom stereocenters. The van der Waals surface area contributed by atoms with Gasteiger partial charge in [0, 0.05) is 36.9 Å². The number of nitrogens with zero attached hydrogens (tertiary/aromatic N) is 2. The highest BCUT2D eigenvalue weighted by atomic mass is 35.7. The van der Waals surface area contributed by atoms with Crippen LogP contribution in [0.1, 0.15) is 5.56 Å². The maximum absolute atomic E-state index is 11.5. The summed E-state index contributed by atoms with van der Waals surface area (Å²) in [6.07, 6.45) is -0.0824. The third-order valence-corrected chi connectivity index (χ3v) is 5.42. The van der Waals surface area contributed by atoms with Gasteiger partial charge in [-0.25, -0.2) is 0 Å². The van der Waals surface area contributed by atoms with Gasteiger partial charge in [-0.3, -0.25) is 4.90 Å². The molecule has 2 aliphatic heterocycles. The number of benzene rings is 1. The maximum atomic E-state index is 11.5. The molecule has 0 saturated carbocycles. The first-order chi connectivity index (χ1) is 9.54. The zero-order valence-electron chi connectivity index (χ0n) is 11.0. The second-order valence-electron chi connectivity index (χ2n) is 5.19. The fourth-order valence-electron chi connectivity index (χ4n) is 2.92. The van der Waals surface area contributed by atoms with Gasteiger partial charge in [0.15, 0.2) is 0 Å². The molecule has 0 spiro atoms. The van der Waals surface area contributed by atoms with E-state index in [9.17, 15) is 8.42 Å². The summed E-state index contributed by atoms with van der Waals surface area (Å²) >= 11 is 0. The molecule has 2 heterocycles. The van der Waals surface area contributed by atoms with Crippen LogP contribution < -0.4 is 0 Å². The van der Waals surface area contributed by atoms with Gasteiger partial charge >= 0.3 is 0 Å². The summed E-state index contributed by atoms with van der Waals surface area (Å²) in [7, 11) is 1.78. The van der Waals surface area contributed by atoms with E-state index in [4.69, 9.17) is 15.4 Å². The summed E-state index contributed by atoms with van der Waals surface area (Å²) < 4.78 is 29.9. The third-order valence-electron chi connectivity index (χ3n) is 3.92. The molecule has 0 radical (unpaired) electrons. The number of halogens is 1. The highest BCUT2D eigenvalue weighted by Crippen LogP contribution is 2.27. The minimum Gasteiger partial charge on any atom is -0.374 e. The molecule has 3 rings (SSSR count). The predicted octanol–water partition coefficient (Wildman–Crippen LogP) is 1.06. The Bertz CT molecular complexity index is 566. The Kier molecular flexibility index (Phi) is 4.01. The number of hydrogen-bond acceptors (Lipinski definition) is 4. The summed E-state index contributed by atoms with van der Waals surface area (Å²) in [6.45, 7) is 3.00. The SMILES string of the molecule is O=S(=O)(Cl)N1C[C@H]2OCCN(Cc3ccccc3)[C@H]2C1. The van der Waals surface area contributed by atoms with E-state index in [1.165, 1.54) is 9.87 Å². The van der Waals surface area contributed by atoms with Crippen LogP contribution in [-0.4, -0.2) is 56.0 Å². The van der Waals surface area contributed by atoms with Crippen LogP contribution in [0.15, 0.2) is 30.3 Å². The molecule has 2 fully saturated rings. The van der Waals surface area contributed by atoms with Crippen LogP contribution in [0.25, 0.3) is 0 Å². The van der Waals surface area contributed by atoms with Crippen LogP contribution in [0, 0.1) is 0 Å². The van der Waals surface area contributed by atoms with Gasteiger partial charge in [-0.2, -0.15) is 12.7 Å². The van der Waals surface area contributed by atoms with Gasteiger partial charge in [-0.1, -0.05) is 30.3 Å². The van der Waals surface area contributed by atoms with Crippen molar-refractivity contribution in [3.63, 3.8) is 0 Å². The van der Waals surface area contributed by atoms with Crippen molar-refractivity contribution < 1.29 is 13.2 Å². The van der Waals surface area contributed by atoms with Crippen molar-refractivity contribution in [2.75, 3.05) is 26.2 Å². The Hall–Kier alpha value is -0.660. The van der Waals surface area contributed by atoms with Gasteiger partial charge in [0.25, 0.3) is 9.24 Å². The topological polar surface area (TPSA) is 49.9 Å². The lowest BCUT2D eigenvalue weighted by Crippen LogP contribution is -2.50. The van der Waals surface area contributed by atoms with Crippen molar-refractivity contribution >= 4 is 19.9 Å². The van der Waals surface area contributed by atoms with Crippen LogP contribution in [0.2, 0.25) is 0 Å². The smallest absolute Gasteiger partial charge is 0.299 e. The largest absolute Gasteiger partial charge is 0.374 e. The summed E-state index contributed by atoms with van der Waals surface area (Å²) in [5.41, 5.74) is 1.22. The van der Waals surface area contributed by atoms with Crippen LogP contribution in [0.5, 0.6) is 0 Å². The Morgan fingerprint density at radius 1 is 1.25 bits per heavy atom. The van der Waals surface area contributed by atoms with Crippen molar-refractivity contribution in [3.8, 4) is 0 Å². The summed E-state index contributed by atoms with van der Waals surface area (Å²) in [4.78, 5) is 2.28. The molecule has 2 saturated heterocycles. The monoisotopic (exact) mass is 316 g/mol. The first-order valence-electron chi connectivity index (χ1n) is 6.63. The molecule has 0 bridgehead atoms. The van der Waals surface area contributed by atoms with Gasteiger partial charge in [-0.15, -0.1) is 0 Å². The fourth-order valence-corrected chi connectivity index (χ4v) is 3.91. The Balaban J connectivity index is 1.73. The predicted molar refractivity (Wildman–Crippen MR) is 76.7 cm³/mol. The summed E-state index contributed by atoms with van der Waals surface area (Å²) in [6, 6.07) is 10.3. The lowest BCUT2D eigenvalue weighted by atomic mass is 10.1. The highest BCUT2D eigenvalue weighted by molar-refractivity contribution is 8.11. The van der Waals surface area contributed by atoms with Crippen molar-refractivity contribution in [1.82, 2.24) is 9.21 Å². The second-order valence-corrected chi connectivity index (χ2v) is 7.70. The van der Waals surface area contributed by atoms with E-state index in [0.29, 0.717) is 19.7 Å². The normalized spacial score (nSPS) is 28.4. The van der Waals surface area contributed by atoms with Crippen LogP contribution in [0.3, 0.4) is 0 Å². The molecule has 110 valence electrons. The van der Waals surface area contributed by atoms with E-state index >= 15 is 0 Å². The molecule has 0 amide bonds. The Labute approximate surface area is 123 Å². The lowest BCUT2D eigenvalue weighted by Gasteiger charge is -2.36. The molecule has 0 N–H and O–H groups in total. The molecule has 2 aliphatic rings. The average molecular weight is 317 g/mol. The van der Waals surface area contributed by atoms with E-state index in [-0.39, 0.29) is 12.1 Å². The quantitative estimate of drug-likeness (QED) is 0.782. The van der Waals surface area contributed by atoms with Gasteiger partial charge in [0.1, 0.15) is 0 Å². The van der Waals surface area contributed by atoms with Gasteiger partial charge in [0.2, 0.25) is 0 Å². The van der Waals surface area contributed by atoms with Gasteiger partial charge in [0.05, 0.1) is 18.8 Å². The highest BCUT2D eigenvalue weighted by Gasteiger charge is 2.43.